The molecule has 4 rings (SSSR count). The molecule has 0 saturated heterocycles. The Morgan fingerprint density at radius 2 is 1.57 bits per heavy atom. The second kappa shape index (κ2) is 5.07. The molecule has 2 nitrogen and oxygen atoms in total. The molecule has 114 valence electrons. The summed E-state index contributed by atoms with van der Waals surface area (Å²) in [5.74, 6) is -0.324. The third-order valence-corrected chi connectivity index (χ3v) is 7.46. The standard InChI is InChI=1S/C19H15FNOP/c1-21-18-13-14(20)11-12-16(18)17-9-5-6-10-19(17)23(21,22)15-7-3-2-4-8-15/h2-13H,1H3/t23-/m1/s1. The predicted octanol–water partition coefficient (Wildman–Crippen LogP) is 4.17. The van der Waals surface area contributed by atoms with Crippen molar-refractivity contribution >= 4 is 23.6 Å². The van der Waals surface area contributed by atoms with Gasteiger partial charge in [0.05, 0.1) is 5.69 Å². The molecular formula is C19H15FNOP. The van der Waals surface area contributed by atoms with E-state index >= 15 is 0 Å². The van der Waals surface area contributed by atoms with E-state index in [-0.39, 0.29) is 5.82 Å². The summed E-state index contributed by atoms with van der Waals surface area (Å²) in [6, 6.07) is 21.8. The van der Waals surface area contributed by atoms with Crippen molar-refractivity contribution in [3.8, 4) is 11.1 Å². The molecule has 0 fully saturated rings. The topological polar surface area (TPSA) is 20.3 Å². The summed E-state index contributed by atoms with van der Waals surface area (Å²) in [7, 11) is -1.25. The highest BCUT2D eigenvalue weighted by molar-refractivity contribution is 7.80. The Labute approximate surface area is 134 Å². The van der Waals surface area contributed by atoms with E-state index < -0.39 is 7.29 Å². The number of hydrogen-bond donors (Lipinski definition) is 0. The SMILES string of the molecule is CN1c2cc(F)ccc2-c2ccccc2[P@]1(=O)c1ccccc1. The van der Waals surface area contributed by atoms with Gasteiger partial charge in [-0.1, -0.05) is 36.4 Å². The van der Waals surface area contributed by atoms with E-state index in [1.807, 2.05) is 54.6 Å². The monoisotopic (exact) mass is 323 g/mol. The van der Waals surface area contributed by atoms with Gasteiger partial charge in [-0.2, -0.15) is 0 Å². The molecule has 1 heterocycles. The number of hydrogen-bond acceptors (Lipinski definition) is 1. The lowest BCUT2D eigenvalue weighted by Gasteiger charge is -2.37. The van der Waals surface area contributed by atoms with Crippen molar-refractivity contribution in [3.63, 3.8) is 0 Å². The van der Waals surface area contributed by atoms with Gasteiger partial charge in [0.1, 0.15) is 5.82 Å². The molecule has 0 radical (unpaired) electrons. The summed E-state index contributed by atoms with van der Waals surface area (Å²) in [6.07, 6.45) is 0. The predicted molar refractivity (Wildman–Crippen MR) is 93.6 cm³/mol. The lowest BCUT2D eigenvalue weighted by molar-refractivity contribution is 0.585. The Morgan fingerprint density at radius 3 is 2.35 bits per heavy atom. The van der Waals surface area contributed by atoms with Gasteiger partial charge in [-0.15, -0.1) is 0 Å². The molecule has 0 aromatic heterocycles. The smallest absolute Gasteiger partial charge is 0.230 e. The van der Waals surface area contributed by atoms with Crippen LogP contribution in [0.1, 0.15) is 0 Å². The molecule has 0 spiro atoms. The first kappa shape index (κ1) is 14.2. The quantitative estimate of drug-likeness (QED) is 0.627. The molecule has 0 unspecified atom stereocenters. The molecule has 4 heteroatoms. The summed E-state index contributed by atoms with van der Waals surface area (Å²) in [4.78, 5) is 0. The minimum atomic E-state index is -3.03. The number of fused-ring (bicyclic) bond motifs is 3. The molecule has 0 aliphatic carbocycles. The molecule has 0 bridgehead atoms. The van der Waals surface area contributed by atoms with Crippen molar-refractivity contribution in [2.45, 2.75) is 0 Å². The van der Waals surface area contributed by atoms with Gasteiger partial charge in [-0.3, -0.25) is 4.57 Å². The van der Waals surface area contributed by atoms with Crippen molar-refractivity contribution in [2.24, 2.45) is 0 Å². The van der Waals surface area contributed by atoms with Crippen LogP contribution in [-0.2, 0) is 4.57 Å². The number of benzene rings is 3. The zero-order valence-corrected chi connectivity index (χ0v) is 13.5. The van der Waals surface area contributed by atoms with E-state index in [0.717, 1.165) is 21.7 Å². The van der Waals surface area contributed by atoms with Crippen molar-refractivity contribution in [2.75, 3.05) is 11.7 Å². The highest BCUT2D eigenvalue weighted by Gasteiger charge is 2.39. The zero-order chi connectivity index (χ0) is 16.0. The van der Waals surface area contributed by atoms with Gasteiger partial charge >= 0.3 is 0 Å². The lowest BCUT2D eigenvalue weighted by Crippen LogP contribution is -2.33. The van der Waals surface area contributed by atoms with E-state index in [2.05, 4.69) is 0 Å². The van der Waals surface area contributed by atoms with Gasteiger partial charge in [0.15, 0.2) is 0 Å². The highest BCUT2D eigenvalue weighted by atomic mass is 31.2. The van der Waals surface area contributed by atoms with Crippen molar-refractivity contribution in [1.29, 1.82) is 0 Å². The maximum atomic E-state index is 14.1. The fourth-order valence-electron chi connectivity index (χ4n) is 3.22. The van der Waals surface area contributed by atoms with Crippen LogP contribution in [0.15, 0.2) is 72.8 Å². The first-order valence-electron chi connectivity index (χ1n) is 7.42. The number of halogens is 1. The molecule has 1 aliphatic heterocycles. The summed E-state index contributed by atoms with van der Waals surface area (Å²) in [6.45, 7) is 0. The molecule has 0 N–H and O–H groups in total. The summed E-state index contributed by atoms with van der Waals surface area (Å²) < 4.78 is 29.6. The second-order valence-electron chi connectivity index (χ2n) is 5.61. The number of rotatable bonds is 1. The maximum Gasteiger partial charge on any atom is 0.230 e. The van der Waals surface area contributed by atoms with Crippen LogP contribution in [-0.4, -0.2) is 7.05 Å². The van der Waals surface area contributed by atoms with Crippen LogP contribution in [0, 0.1) is 5.82 Å². The van der Waals surface area contributed by atoms with Crippen molar-refractivity contribution in [3.05, 3.63) is 78.6 Å². The Hall–Kier alpha value is -2.38. The van der Waals surface area contributed by atoms with E-state index in [9.17, 15) is 8.96 Å². The molecular weight excluding hydrogens is 308 g/mol. The van der Waals surface area contributed by atoms with Crippen LogP contribution in [0.5, 0.6) is 0 Å². The molecule has 1 aliphatic rings. The van der Waals surface area contributed by atoms with E-state index in [1.54, 1.807) is 17.8 Å². The van der Waals surface area contributed by atoms with E-state index in [1.165, 1.54) is 12.1 Å². The van der Waals surface area contributed by atoms with Gasteiger partial charge in [-0.25, -0.2) is 4.39 Å². The minimum Gasteiger partial charge on any atom is -0.318 e. The maximum absolute atomic E-state index is 14.1. The van der Waals surface area contributed by atoms with E-state index in [4.69, 9.17) is 0 Å². The molecule has 3 aromatic carbocycles. The van der Waals surface area contributed by atoms with Gasteiger partial charge in [0.25, 0.3) is 0 Å². The Bertz CT molecular complexity index is 939. The van der Waals surface area contributed by atoms with Crippen molar-refractivity contribution < 1.29 is 8.96 Å². The van der Waals surface area contributed by atoms with Crippen LogP contribution in [0.25, 0.3) is 11.1 Å². The van der Waals surface area contributed by atoms with Crippen LogP contribution < -0.4 is 15.3 Å². The van der Waals surface area contributed by atoms with Crippen LogP contribution in [0.2, 0.25) is 0 Å². The molecule has 3 aromatic rings. The third kappa shape index (κ3) is 1.97. The van der Waals surface area contributed by atoms with Crippen molar-refractivity contribution in [1.82, 2.24) is 0 Å². The Kier molecular flexibility index (Phi) is 3.14. The molecule has 0 saturated carbocycles. The average molecular weight is 323 g/mol. The van der Waals surface area contributed by atoms with Gasteiger partial charge in [0.2, 0.25) is 7.29 Å². The van der Waals surface area contributed by atoms with Crippen LogP contribution >= 0.6 is 7.29 Å². The third-order valence-electron chi connectivity index (χ3n) is 4.36. The second-order valence-corrected chi connectivity index (χ2v) is 8.36. The largest absolute Gasteiger partial charge is 0.318 e. The average Bonchev–Trinajstić information content (AvgIpc) is 2.60. The van der Waals surface area contributed by atoms with Gasteiger partial charge in [0, 0.05) is 23.2 Å². The Morgan fingerprint density at radius 1 is 0.870 bits per heavy atom. The highest BCUT2D eigenvalue weighted by Crippen LogP contribution is 2.56. The summed E-state index contributed by atoms with van der Waals surface area (Å²) >= 11 is 0. The molecule has 0 amide bonds. The number of nitrogens with zero attached hydrogens (tertiary/aromatic N) is 1. The Balaban J connectivity index is 2.09. The summed E-state index contributed by atoms with van der Waals surface area (Å²) in [5, 5.41) is 1.55. The molecule has 23 heavy (non-hydrogen) atoms. The minimum absolute atomic E-state index is 0.324. The zero-order valence-electron chi connectivity index (χ0n) is 12.6. The fraction of sp³-hybridized carbons (Fsp3) is 0.0526. The molecule has 1 atom stereocenters. The lowest BCUT2D eigenvalue weighted by atomic mass is 10.0. The number of anilines is 1. The first-order chi connectivity index (χ1) is 11.1. The summed E-state index contributed by atoms with van der Waals surface area (Å²) in [5.41, 5.74) is 2.48. The van der Waals surface area contributed by atoms with Gasteiger partial charge < -0.3 is 4.67 Å². The fourth-order valence-corrected chi connectivity index (χ4v) is 6.02. The normalized spacial score (nSPS) is 19.1. The van der Waals surface area contributed by atoms with Crippen LogP contribution in [0.3, 0.4) is 0 Å². The van der Waals surface area contributed by atoms with E-state index in [0.29, 0.717) is 5.69 Å². The van der Waals surface area contributed by atoms with Gasteiger partial charge in [-0.05, 0) is 42.0 Å². The first-order valence-corrected chi connectivity index (χ1v) is 9.08. The van der Waals surface area contributed by atoms with Crippen LogP contribution in [0.4, 0.5) is 10.1 Å².